The van der Waals surface area contributed by atoms with E-state index in [4.69, 9.17) is 42.1 Å². The topological polar surface area (TPSA) is 77.4 Å². The summed E-state index contributed by atoms with van der Waals surface area (Å²) in [6.07, 6.45) is -5.21. The Bertz CT molecular complexity index is 819. The predicted molar refractivity (Wildman–Crippen MR) is 102 cm³/mol. The second-order valence-electron chi connectivity index (χ2n) is 6.77. The van der Waals surface area contributed by atoms with E-state index in [-0.39, 0.29) is 13.2 Å². The molecule has 0 aliphatic carbocycles. The van der Waals surface area contributed by atoms with E-state index in [1.165, 1.54) is 0 Å². The molecule has 2 N–H and O–H groups in total. The van der Waals surface area contributed by atoms with E-state index in [1.807, 2.05) is 12.1 Å². The molecule has 0 aromatic heterocycles. The van der Waals surface area contributed by atoms with E-state index in [0.717, 1.165) is 5.56 Å². The van der Waals surface area contributed by atoms with Crippen molar-refractivity contribution in [1.29, 1.82) is 0 Å². The first-order valence-corrected chi connectivity index (χ1v) is 9.68. The van der Waals surface area contributed by atoms with Crippen molar-refractivity contribution in [2.45, 2.75) is 37.0 Å². The molecule has 2 aliphatic heterocycles. The minimum Gasteiger partial charge on any atom is -0.388 e. The summed E-state index contributed by atoms with van der Waals surface area (Å²) < 4.78 is 23.3. The molecule has 8 heteroatoms. The van der Waals surface area contributed by atoms with Crippen LogP contribution in [-0.2, 0) is 18.9 Å². The Balaban J connectivity index is 1.53. The molecule has 0 bridgehead atoms. The molecule has 28 heavy (non-hydrogen) atoms. The fourth-order valence-corrected chi connectivity index (χ4v) is 3.72. The van der Waals surface area contributed by atoms with Crippen molar-refractivity contribution in [3.8, 4) is 0 Å². The smallest absolute Gasteiger partial charge is 0.184 e. The van der Waals surface area contributed by atoms with Gasteiger partial charge in [0.2, 0.25) is 0 Å². The number of aliphatic hydroxyl groups is 2. The molecule has 2 aromatic carbocycles. The van der Waals surface area contributed by atoms with Crippen molar-refractivity contribution < 1.29 is 29.2 Å². The molecule has 2 saturated heterocycles. The van der Waals surface area contributed by atoms with Gasteiger partial charge in [0, 0.05) is 21.2 Å². The molecular formula is C20H20Cl2O6. The quantitative estimate of drug-likeness (QED) is 0.784. The standard InChI is InChI=1S/C20H20Cl2O6/c21-13-5-1-3-11(7-13)19-26-10-16(27-19)18-17(24)15(23)9-25-20(28-18)12-4-2-6-14(22)8-12/h1-8,15-20,23-24H,9-10H2/t15-,16+,17+,18+,19?,20?/m1/s1. The number of benzene rings is 2. The lowest BCUT2D eigenvalue weighted by Gasteiger charge is -2.28. The maximum atomic E-state index is 10.6. The van der Waals surface area contributed by atoms with Gasteiger partial charge in [-0.2, -0.15) is 0 Å². The van der Waals surface area contributed by atoms with Gasteiger partial charge in [0.15, 0.2) is 12.6 Å². The average Bonchev–Trinajstić information content (AvgIpc) is 3.12. The minimum atomic E-state index is -1.20. The molecule has 2 heterocycles. The van der Waals surface area contributed by atoms with Gasteiger partial charge in [0.25, 0.3) is 0 Å². The van der Waals surface area contributed by atoms with Gasteiger partial charge >= 0.3 is 0 Å². The SMILES string of the molecule is O[C@@H]1[C@H]([C@@H]2COC(c3cccc(Cl)c3)O2)OC(c2cccc(Cl)c2)OC[C@H]1O. The van der Waals surface area contributed by atoms with Crippen LogP contribution >= 0.6 is 23.2 Å². The van der Waals surface area contributed by atoms with Gasteiger partial charge in [-0.25, -0.2) is 0 Å². The zero-order valence-corrected chi connectivity index (χ0v) is 16.3. The third kappa shape index (κ3) is 4.35. The van der Waals surface area contributed by atoms with Gasteiger partial charge in [-0.15, -0.1) is 0 Å². The van der Waals surface area contributed by atoms with E-state index < -0.39 is 37.0 Å². The molecule has 0 saturated carbocycles. The summed E-state index contributed by atoms with van der Waals surface area (Å²) in [4.78, 5) is 0. The fraction of sp³-hybridized carbons (Fsp3) is 0.400. The molecule has 2 aliphatic rings. The Labute approximate surface area is 172 Å². The Morgan fingerprint density at radius 2 is 1.36 bits per heavy atom. The van der Waals surface area contributed by atoms with Crippen molar-refractivity contribution in [2.75, 3.05) is 13.2 Å². The molecule has 0 amide bonds. The predicted octanol–water partition coefficient (Wildman–Crippen LogP) is 3.24. The molecule has 6 atom stereocenters. The highest BCUT2D eigenvalue weighted by Gasteiger charge is 2.44. The van der Waals surface area contributed by atoms with Crippen molar-refractivity contribution in [1.82, 2.24) is 0 Å². The number of rotatable bonds is 3. The first-order chi connectivity index (χ1) is 13.5. The number of hydrogen-bond acceptors (Lipinski definition) is 6. The van der Waals surface area contributed by atoms with E-state index in [0.29, 0.717) is 15.6 Å². The van der Waals surface area contributed by atoms with Crippen LogP contribution in [0.3, 0.4) is 0 Å². The van der Waals surface area contributed by atoms with Crippen LogP contribution in [0.4, 0.5) is 0 Å². The minimum absolute atomic E-state index is 0.0832. The Hall–Kier alpha value is -1.22. The summed E-state index contributed by atoms with van der Waals surface area (Å²) in [5.41, 5.74) is 1.45. The summed E-state index contributed by atoms with van der Waals surface area (Å²) in [6.45, 7) is 0.105. The maximum absolute atomic E-state index is 10.6. The van der Waals surface area contributed by atoms with Gasteiger partial charge in [-0.1, -0.05) is 47.5 Å². The van der Waals surface area contributed by atoms with E-state index in [9.17, 15) is 10.2 Å². The Morgan fingerprint density at radius 1 is 0.786 bits per heavy atom. The normalized spacial score (nSPS) is 33.6. The van der Waals surface area contributed by atoms with Crippen LogP contribution < -0.4 is 0 Å². The molecule has 0 radical (unpaired) electrons. The van der Waals surface area contributed by atoms with E-state index in [1.54, 1.807) is 36.4 Å². The van der Waals surface area contributed by atoms with E-state index >= 15 is 0 Å². The Morgan fingerprint density at radius 3 is 1.96 bits per heavy atom. The molecule has 0 spiro atoms. The average molecular weight is 427 g/mol. The van der Waals surface area contributed by atoms with E-state index in [2.05, 4.69) is 0 Å². The van der Waals surface area contributed by atoms with Crippen molar-refractivity contribution >= 4 is 23.2 Å². The molecule has 2 aromatic rings. The van der Waals surface area contributed by atoms with Crippen LogP contribution in [-0.4, -0.2) is 47.8 Å². The first kappa shape index (κ1) is 20.1. The van der Waals surface area contributed by atoms with Crippen LogP contribution in [0.2, 0.25) is 10.0 Å². The second kappa shape index (κ2) is 8.65. The lowest BCUT2D eigenvalue weighted by molar-refractivity contribution is -0.200. The van der Waals surface area contributed by atoms with Crippen molar-refractivity contribution in [3.63, 3.8) is 0 Å². The summed E-state index contributed by atoms with van der Waals surface area (Å²) in [5, 5.41) is 21.9. The van der Waals surface area contributed by atoms with Crippen LogP contribution in [0.15, 0.2) is 48.5 Å². The summed E-state index contributed by atoms with van der Waals surface area (Å²) in [5.74, 6) is 0. The summed E-state index contributed by atoms with van der Waals surface area (Å²) in [7, 11) is 0. The maximum Gasteiger partial charge on any atom is 0.184 e. The third-order valence-electron chi connectivity index (χ3n) is 4.75. The van der Waals surface area contributed by atoms with Gasteiger partial charge in [-0.3, -0.25) is 0 Å². The number of ether oxygens (including phenoxy) is 4. The molecule has 6 nitrogen and oxygen atoms in total. The highest BCUT2D eigenvalue weighted by molar-refractivity contribution is 6.30. The third-order valence-corrected chi connectivity index (χ3v) is 5.22. The molecular weight excluding hydrogens is 407 g/mol. The summed E-state index contributed by atoms with van der Waals surface area (Å²) in [6, 6.07) is 14.2. The van der Waals surface area contributed by atoms with Crippen LogP contribution in [0.5, 0.6) is 0 Å². The van der Waals surface area contributed by atoms with Crippen molar-refractivity contribution in [3.05, 3.63) is 69.7 Å². The fourth-order valence-electron chi connectivity index (χ4n) is 3.32. The lowest BCUT2D eigenvalue weighted by atomic mass is 10.0. The zero-order chi connectivity index (χ0) is 19.7. The number of halogens is 2. The monoisotopic (exact) mass is 426 g/mol. The van der Waals surface area contributed by atoms with Crippen molar-refractivity contribution in [2.24, 2.45) is 0 Å². The lowest BCUT2D eigenvalue weighted by Crippen LogP contribution is -2.46. The number of hydrogen-bond donors (Lipinski definition) is 2. The van der Waals surface area contributed by atoms with Crippen LogP contribution in [0.25, 0.3) is 0 Å². The highest BCUT2D eigenvalue weighted by Crippen LogP contribution is 2.35. The van der Waals surface area contributed by atoms with Crippen LogP contribution in [0, 0.1) is 0 Å². The highest BCUT2D eigenvalue weighted by atomic mass is 35.5. The van der Waals surface area contributed by atoms with Crippen LogP contribution in [0.1, 0.15) is 23.7 Å². The molecule has 2 fully saturated rings. The second-order valence-corrected chi connectivity index (χ2v) is 7.65. The number of aliphatic hydroxyl groups excluding tert-OH is 2. The molecule has 2 unspecified atom stereocenters. The molecule has 150 valence electrons. The summed E-state index contributed by atoms with van der Waals surface area (Å²) >= 11 is 12.1. The van der Waals surface area contributed by atoms with Gasteiger partial charge < -0.3 is 29.2 Å². The van der Waals surface area contributed by atoms with Gasteiger partial charge in [0.1, 0.15) is 24.4 Å². The first-order valence-electron chi connectivity index (χ1n) is 8.92. The van der Waals surface area contributed by atoms with Gasteiger partial charge in [-0.05, 0) is 24.3 Å². The largest absolute Gasteiger partial charge is 0.388 e. The van der Waals surface area contributed by atoms with Gasteiger partial charge in [0.05, 0.1) is 13.2 Å². The Kier molecular flexibility index (Phi) is 6.20. The zero-order valence-electron chi connectivity index (χ0n) is 14.8. The molecule has 4 rings (SSSR count).